The molecule has 2 rings (SSSR count). The van der Waals surface area contributed by atoms with Gasteiger partial charge in [-0.15, -0.1) is 11.3 Å². The zero-order chi connectivity index (χ0) is 15.6. The van der Waals surface area contributed by atoms with Crippen molar-refractivity contribution >= 4 is 44.8 Å². The Bertz CT molecular complexity index is 715. The first-order valence-corrected chi connectivity index (χ1v) is 7.52. The highest BCUT2D eigenvalue weighted by atomic mass is 79.9. The van der Waals surface area contributed by atoms with E-state index in [4.69, 9.17) is 10.8 Å². The van der Waals surface area contributed by atoms with Crippen LogP contribution in [0.4, 0.5) is 5.69 Å². The molecule has 0 spiro atoms. The highest BCUT2D eigenvalue weighted by Gasteiger charge is 2.14. The number of carboxylic acid groups (broad SMARTS) is 1. The molecule has 0 saturated heterocycles. The maximum absolute atomic E-state index is 12.0. The largest absolute Gasteiger partial charge is 0.477 e. The fourth-order valence-corrected chi connectivity index (χ4v) is 2.87. The number of amides is 1. The van der Waals surface area contributed by atoms with Gasteiger partial charge < -0.3 is 16.2 Å². The lowest BCUT2D eigenvalue weighted by atomic mass is 10.2. The Morgan fingerprint density at radius 1 is 1.48 bits per heavy atom. The summed E-state index contributed by atoms with van der Waals surface area (Å²) < 4.78 is 0.647. The molecule has 0 aliphatic carbocycles. The second-order valence-corrected chi connectivity index (χ2v) is 6.18. The van der Waals surface area contributed by atoms with Gasteiger partial charge in [0.25, 0.3) is 5.91 Å². The van der Waals surface area contributed by atoms with Gasteiger partial charge >= 0.3 is 5.97 Å². The van der Waals surface area contributed by atoms with E-state index < -0.39 is 5.97 Å². The Labute approximate surface area is 133 Å². The molecule has 2 aromatic rings. The molecule has 0 saturated carbocycles. The summed E-state index contributed by atoms with van der Waals surface area (Å²) in [5.41, 5.74) is 7.12. The first kappa shape index (κ1) is 15.5. The first-order chi connectivity index (χ1) is 9.88. The van der Waals surface area contributed by atoms with Crippen LogP contribution in [0.5, 0.6) is 0 Å². The van der Waals surface area contributed by atoms with Crippen LogP contribution < -0.4 is 11.1 Å². The molecule has 0 aliphatic rings. The summed E-state index contributed by atoms with van der Waals surface area (Å²) in [6, 6.07) is 4.88. The predicted octanol–water partition coefficient (Wildman–Crippen LogP) is 2.42. The molecule has 21 heavy (non-hydrogen) atoms. The average molecular weight is 370 g/mol. The Morgan fingerprint density at radius 2 is 2.19 bits per heavy atom. The van der Waals surface area contributed by atoms with Crippen molar-refractivity contribution in [3.8, 4) is 0 Å². The molecular formula is C13H12BrN3O3S. The maximum Gasteiger partial charge on any atom is 0.347 e. The van der Waals surface area contributed by atoms with Crippen LogP contribution in [-0.4, -0.2) is 22.0 Å². The van der Waals surface area contributed by atoms with E-state index >= 15 is 0 Å². The Balaban J connectivity index is 2.05. The number of carbonyl (C=O) groups excluding carboxylic acids is 1. The smallest absolute Gasteiger partial charge is 0.347 e. The summed E-state index contributed by atoms with van der Waals surface area (Å²) in [6.45, 7) is 1.81. The summed E-state index contributed by atoms with van der Waals surface area (Å²) in [5.74, 6) is -1.29. The van der Waals surface area contributed by atoms with Crippen molar-refractivity contribution in [3.05, 3.63) is 43.8 Å². The molecule has 1 heterocycles. The summed E-state index contributed by atoms with van der Waals surface area (Å²) in [6.07, 6.45) is 0. The van der Waals surface area contributed by atoms with E-state index in [9.17, 15) is 9.59 Å². The average Bonchev–Trinajstić information content (AvgIpc) is 2.80. The normalized spacial score (nSPS) is 10.4. The second-order valence-electron chi connectivity index (χ2n) is 4.25. The van der Waals surface area contributed by atoms with Crippen LogP contribution in [0.25, 0.3) is 0 Å². The van der Waals surface area contributed by atoms with Crippen molar-refractivity contribution in [2.75, 3.05) is 5.73 Å². The predicted molar refractivity (Wildman–Crippen MR) is 83.5 cm³/mol. The number of nitrogens with two attached hydrogens (primary N) is 1. The van der Waals surface area contributed by atoms with E-state index in [1.54, 1.807) is 25.1 Å². The summed E-state index contributed by atoms with van der Waals surface area (Å²) in [5, 5.41) is 12.2. The topological polar surface area (TPSA) is 105 Å². The van der Waals surface area contributed by atoms with Crippen molar-refractivity contribution in [2.24, 2.45) is 0 Å². The molecule has 0 unspecified atom stereocenters. The van der Waals surface area contributed by atoms with Gasteiger partial charge in [-0.05, 0) is 41.1 Å². The highest BCUT2D eigenvalue weighted by Crippen LogP contribution is 2.21. The molecular weight excluding hydrogens is 358 g/mol. The van der Waals surface area contributed by atoms with Gasteiger partial charge in [-0.3, -0.25) is 4.79 Å². The number of carboxylic acids is 1. The van der Waals surface area contributed by atoms with Crippen LogP contribution in [0.3, 0.4) is 0 Å². The fourth-order valence-electron chi connectivity index (χ4n) is 1.65. The third-order valence-corrected chi connectivity index (χ3v) is 4.53. The molecule has 6 nitrogen and oxygen atoms in total. The van der Waals surface area contributed by atoms with Crippen LogP contribution in [0.1, 0.15) is 30.7 Å². The van der Waals surface area contributed by atoms with Crippen molar-refractivity contribution in [1.82, 2.24) is 10.3 Å². The molecule has 0 radical (unpaired) electrons. The van der Waals surface area contributed by atoms with Gasteiger partial charge in [-0.1, -0.05) is 0 Å². The van der Waals surface area contributed by atoms with Gasteiger partial charge in [-0.2, -0.15) is 0 Å². The molecule has 110 valence electrons. The molecule has 1 aromatic heterocycles. The number of benzene rings is 1. The van der Waals surface area contributed by atoms with Crippen molar-refractivity contribution < 1.29 is 14.7 Å². The van der Waals surface area contributed by atoms with E-state index in [0.29, 0.717) is 26.4 Å². The summed E-state index contributed by atoms with van der Waals surface area (Å²) >= 11 is 4.31. The van der Waals surface area contributed by atoms with Gasteiger partial charge in [0.2, 0.25) is 0 Å². The van der Waals surface area contributed by atoms with Crippen LogP contribution in [0.2, 0.25) is 0 Å². The van der Waals surface area contributed by atoms with Gasteiger partial charge in [0.05, 0.1) is 12.2 Å². The number of hydrogen-bond acceptors (Lipinski definition) is 5. The third kappa shape index (κ3) is 3.59. The molecule has 0 atom stereocenters. The number of aromatic nitrogens is 1. The lowest BCUT2D eigenvalue weighted by Crippen LogP contribution is -2.22. The second kappa shape index (κ2) is 6.23. The molecule has 1 amide bonds. The number of aromatic carboxylic acids is 1. The van der Waals surface area contributed by atoms with Crippen LogP contribution >= 0.6 is 27.3 Å². The molecule has 0 fully saturated rings. The lowest BCUT2D eigenvalue weighted by Gasteiger charge is -2.05. The third-order valence-electron chi connectivity index (χ3n) is 2.70. The molecule has 4 N–H and O–H groups in total. The number of nitrogens with one attached hydrogen (secondary N) is 1. The fraction of sp³-hybridized carbons (Fsp3) is 0.154. The zero-order valence-electron chi connectivity index (χ0n) is 11.0. The number of rotatable bonds is 4. The Kier molecular flexibility index (Phi) is 4.59. The standard InChI is InChI=1S/C13H12BrN3O3S/c1-6-11(13(19)20)21-10(17-6)5-16-12(18)7-2-3-9(15)8(14)4-7/h2-4H,5,15H2,1H3,(H,16,18)(H,19,20). The lowest BCUT2D eigenvalue weighted by molar-refractivity contribution is 0.0701. The van der Waals surface area contributed by atoms with Crippen molar-refractivity contribution in [2.45, 2.75) is 13.5 Å². The van der Waals surface area contributed by atoms with Crippen LogP contribution in [0, 0.1) is 6.92 Å². The monoisotopic (exact) mass is 369 g/mol. The minimum absolute atomic E-state index is 0.180. The van der Waals surface area contributed by atoms with Crippen molar-refractivity contribution in [1.29, 1.82) is 0 Å². The first-order valence-electron chi connectivity index (χ1n) is 5.91. The molecule has 1 aromatic carbocycles. The SMILES string of the molecule is Cc1nc(CNC(=O)c2ccc(N)c(Br)c2)sc1C(=O)O. The van der Waals surface area contributed by atoms with Gasteiger partial charge in [0.1, 0.15) is 9.88 Å². The van der Waals surface area contributed by atoms with E-state index in [2.05, 4.69) is 26.2 Å². The number of thiazole rings is 1. The molecule has 0 bridgehead atoms. The van der Waals surface area contributed by atoms with Crippen molar-refractivity contribution in [3.63, 3.8) is 0 Å². The van der Waals surface area contributed by atoms with E-state index in [1.165, 1.54) is 0 Å². The van der Waals surface area contributed by atoms with E-state index in [1.807, 2.05) is 0 Å². The quantitative estimate of drug-likeness (QED) is 0.717. The number of nitrogens with zero attached hydrogens (tertiary/aromatic N) is 1. The number of hydrogen-bond donors (Lipinski definition) is 3. The zero-order valence-corrected chi connectivity index (χ0v) is 13.4. The van der Waals surface area contributed by atoms with Gasteiger partial charge in [-0.25, -0.2) is 9.78 Å². The van der Waals surface area contributed by atoms with Gasteiger partial charge in [0.15, 0.2) is 0 Å². The van der Waals surface area contributed by atoms with Crippen LogP contribution in [-0.2, 0) is 6.54 Å². The Hall–Kier alpha value is -1.93. The molecule has 0 aliphatic heterocycles. The number of halogens is 1. The maximum atomic E-state index is 12.0. The Morgan fingerprint density at radius 3 is 2.76 bits per heavy atom. The van der Waals surface area contributed by atoms with E-state index in [-0.39, 0.29) is 17.3 Å². The summed E-state index contributed by atoms with van der Waals surface area (Å²) in [4.78, 5) is 27.2. The minimum atomic E-state index is -1.01. The number of anilines is 1. The van der Waals surface area contributed by atoms with Crippen LogP contribution in [0.15, 0.2) is 22.7 Å². The van der Waals surface area contributed by atoms with E-state index in [0.717, 1.165) is 11.3 Å². The number of aryl methyl sites for hydroxylation is 1. The number of carbonyl (C=O) groups is 2. The summed E-state index contributed by atoms with van der Waals surface area (Å²) in [7, 11) is 0. The molecule has 8 heteroatoms. The highest BCUT2D eigenvalue weighted by molar-refractivity contribution is 9.10. The minimum Gasteiger partial charge on any atom is -0.477 e. The number of nitrogen functional groups attached to an aromatic ring is 1. The van der Waals surface area contributed by atoms with Gasteiger partial charge in [0, 0.05) is 15.7 Å².